The zero-order valence-corrected chi connectivity index (χ0v) is 19.6. The second kappa shape index (κ2) is 10.1. The third kappa shape index (κ3) is 5.42. The van der Waals surface area contributed by atoms with Crippen molar-refractivity contribution in [2.45, 2.75) is 32.6 Å². The van der Waals surface area contributed by atoms with Gasteiger partial charge in [-0.3, -0.25) is 14.8 Å². The van der Waals surface area contributed by atoms with E-state index in [0.717, 1.165) is 53.4 Å². The number of rotatable bonds is 6. The second-order valence-electron chi connectivity index (χ2n) is 9.05. The lowest BCUT2D eigenvalue weighted by molar-refractivity contribution is 0.0690. The number of hydrogen-bond donors (Lipinski definition) is 1. The second-order valence-corrected chi connectivity index (χ2v) is 9.05. The van der Waals surface area contributed by atoms with Crippen LogP contribution in [0.4, 0.5) is 4.39 Å². The number of halogens is 1. The van der Waals surface area contributed by atoms with Gasteiger partial charge in [0.25, 0.3) is 5.91 Å². The van der Waals surface area contributed by atoms with E-state index in [1.165, 1.54) is 12.1 Å². The van der Waals surface area contributed by atoms with E-state index in [0.29, 0.717) is 31.0 Å². The van der Waals surface area contributed by atoms with Crippen LogP contribution < -0.4 is 0 Å². The molecule has 0 saturated carbocycles. The molecule has 0 aliphatic carbocycles. The monoisotopic (exact) mass is 470 g/mol. The number of hydrogen-bond acceptors (Lipinski definition) is 5. The molecule has 0 bridgehead atoms. The number of nitrogens with one attached hydrogen (secondary N) is 1. The molecular formula is C27H27FN6O. The molecule has 3 aromatic heterocycles. The van der Waals surface area contributed by atoms with Crippen molar-refractivity contribution in [1.82, 2.24) is 29.8 Å². The number of likely N-dealkylation sites (tertiary alicyclic amines) is 1. The van der Waals surface area contributed by atoms with Crippen LogP contribution >= 0.6 is 0 Å². The SMILES string of the molecule is Cc1cnc(-c2nccnc2CC2CCN(C(=O)c3ccc(Cc4ccc(F)cc4)nc3)CC2)[nH]1. The van der Waals surface area contributed by atoms with Crippen LogP contribution in [0.25, 0.3) is 11.5 Å². The maximum Gasteiger partial charge on any atom is 0.255 e. The van der Waals surface area contributed by atoms with Crippen LogP contribution in [0.3, 0.4) is 0 Å². The molecule has 7 nitrogen and oxygen atoms in total. The van der Waals surface area contributed by atoms with Crippen molar-refractivity contribution in [2.24, 2.45) is 5.92 Å². The number of pyridine rings is 1. The Morgan fingerprint density at radius 1 is 1.00 bits per heavy atom. The number of piperidine rings is 1. The fourth-order valence-corrected chi connectivity index (χ4v) is 4.51. The molecule has 4 heterocycles. The van der Waals surface area contributed by atoms with Gasteiger partial charge in [-0.05, 0) is 61.9 Å². The molecule has 1 aromatic carbocycles. The third-order valence-electron chi connectivity index (χ3n) is 6.46. The number of amides is 1. The smallest absolute Gasteiger partial charge is 0.255 e. The number of aromatic amines is 1. The van der Waals surface area contributed by atoms with Crippen molar-refractivity contribution in [1.29, 1.82) is 0 Å². The fourth-order valence-electron chi connectivity index (χ4n) is 4.51. The van der Waals surface area contributed by atoms with Gasteiger partial charge in [0.1, 0.15) is 11.5 Å². The molecule has 1 fully saturated rings. The summed E-state index contributed by atoms with van der Waals surface area (Å²) in [6, 6.07) is 10.1. The minimum absolute atomic E-state index is 0.00975. The minimum Gasteiger partial charge on any atom is -0.341 e. The number of nitrogens with zero attached hydrogens (tertiary/aromatic N) is 5. The maximum absolute atomic E-state index is 13.1. The molecule has 8 heteroatoms. The van der Waals surface area contributed by atoms with Crippen molar-refractivity contribution in [3.05, 3.63) is 95.2 Å². The van der Waals surface area contributed by atoms with E-state index >= 15 is 0 Å². The number of aryl methyl sites for hydroxylation is 1. The quantitative estimate of drug-likeness (QED) is 0.451. The summed E-state index contributed by atoms with van der Waals surface area (Å²) in [5.41, 5.74) is 5.14. The van der Waals surface area contributed by atoms with Gasteiger partial charge in [0.05, 0.1) is 11.3 Å². The standard InChI is InChI=1S/C27H27FN6O/c1-18-16-32-26(33-18)25-24(29-10-11-30-25)15-20-8-12-34(13-9-20)27(35)21-4-7-23(31-17-21)14-19-2-5-22(28)6-3-19/h2-7,10-11,16-17,20H,8-9,12-15H2,1H3,(H,32,33). The van der Waals surface area contributed by atoms with Crippen molar-refractivity contribution in [3.8, 4) is 11.5 Å². The molecule has 1 aliphatic rings. The van der Waals surface area contributed by atoms with Gasteiger partial charge in [-0.25, -0.2) is 14.4 Å². The molecule has 35 heavy (non-hydrogen) atoms. The molecule has 0 spiro atoms. The number of carbonyl (C=O) groups is 1. The lowest BCUT2D eigenvalue weighted by Gasteiger charge is -2.32. The summed E-state index contributed by atoms with van der Waals surface area (Å²) in [7, 11) is 0. The summed E-state index contributed by atoms with van der Waals surface area (Å²) in [6.07, 6.45) is 10.1. The first-order valence-corrected chi connectivity index (χ1v) is 11.9. The minimum atomic E-state index is -0.254. The average molecular weight is 471 g/mol. The predicted octanol–water partition coefficient (Wildman–Crippen LogP) is 4.39. The van der Waals surface area contributed by atoms with E-state index in [1.807, 2.05) is 24.0 Å². The Labute approximate surface area is 203 Å². The Kier molecular flexibility index (Phi) is 6.61. The first-order valence-electron chi connectivity index (χ1n) is 11.9. The number of H-pyrrole nitrogens is 1. The van der Waals surface area contributed by atoms with Crippen LogP contribution in [0.1, 0.15) is 45.8 Å². The molecule has 0 atom stereocenters. The number of aromatic nitrogens is 5. The van der Waals surface area contributed by atoms with Crippen molar-refractivity contribution in [2.75, 3.05) is 13.1 Å². The van der Waals surface area contributed by atoms with E-state index in [1.54, 1.807) is 36.9 Å². The Balaban J connectivity index is 1.17. The van der Waals surface area contributed by atoms with Crippen molar-refractivity contribution >= 4 is 5.91 Å². The molecule has 1 aliphatic heterocycles. The van der Waals surface area contributed by atoms with Crippen molar-refractivity contribution in [3.63, 3.8) is 0 Å². The maximum atomic E-state index is 13.1. The molecular weight excluding hydrogens is 443 g/mol. The summed E-state index contributed by atoms with van der Waals surface area (Å²) >= 11 is 0. The highest BCUT2D eigenvalue weighted by molar-refractivity contribution is 5.94. The topological polar surface area (TPSA) is 87.7 Å². The molecule has 1 N–H and O–H groups in total. The largest absolute Gasteiger partial charge is 0.341 e. The van der Waals surface area contributed by atoms with Gasteiger partial charge in [0.2, 0.25) is 0 Å². The van der Waals surface area contributed by atoms with Gasteiger partial charge in [0, 0.05) is 55.7 Å². The van der Waals surface area contributed by atoms with Gasteiger partial charge in [0.15, 0.2) is 5.82 Å². The van der Waals surface area contributed by atoms with Crippen LogP contribution in [-0.4, -0.2) is 48.8 Å². The Bertz CT molecular complexity index is 1290. The van der Waals surface area contributed by atoms with Crippen LogP contribution in [0.5, 0.6) is 0 Å². The van der Waals surface area contributed by atoms with Gasteiger partial charge in [-0.1, -0.05) is 12.1 Å². The molecule has 1 amide bonds. The highest BCUT2D eigenvalue weighted by Crippen LogP contribution is 2.26. The summed E-state index contributed by atoms with van der Waals surface area (Å²) in [5.74, 6) is 0.932. The van der Waals surface area contributed by atoms with Crippen LogP contribution in [0, 0.1) is 18.7 Å². The first-order chi connectivity index (χ1) is 17.0. The highest BCUT2D eigenvalue weighted by atomic mass is 19.1. The van der Waals surface area contributed by atoms with E-state index in [4.69, 9.17) is 0 Å². The number of carbonyl (C=O) groups excluding carboxylic acids is 1. The van der Waals surface area contributed by atoms with Crippen LogP contribution in [0.2, 0.25) is 0 Å². The zero-order valence-electron chi connectivity index (χ0n) is 19.6. The molecule has 0 unspecified atom stereocenters. The van der Waals surface area contributed by atoms with Gasteiger partial charge < -0.3 is 9.88 Å². The van der Waals surface area contributed by atoms with Crippen LogP contribution in [-0.2, 0) is 12.8 Å². The van der Waals surface area contributed by atoms with E-state index in [2.05, 4.69) is 24.9 Å². The van der Waals surface area contributed by atoms with E-state index < -0.39 is 0 Å². The Morgan fingerprint density at radius 3 is 2.46 bits per heavy atom. The summed E-state index contributed by atoms with van der Waals surface area (Å²) in [5, 5.41) is 0. The van der Waals surface area contributed by atoms with E-state index in [9.17, 15) is 9.18 Å². The first kappa shape index (κ1) is 22.8. The van der Waals surface area contributed by atoms with Gasteiger partial charge >= 0.3 is 0 Å². The molecule has 5 rings (SSSR count). The van der Waals surface area contributed by atoms with Crippen molar-refractivity contribution < 1.29 is 9.18 Å². The highest BCUT2D eigenvalue weighted by Gasteiger charge is 2.25. The molecule has 0 radical (unpaired) electrons. The Hall–Kier alpha value is -3.94. The summed E-state index contributed by atoms with van der Waals surface area (Å²) in [4.78, 5) is 36.1. The average Bonchev–Trinajstić information content (AvgIpc) is 3.32. The van der Waals surface area contributed by atoms with E-state index in [-0.39, 0.29) is 11.7 Å². The number of benzene rings is 1. The normalized spacial score (nSPS) is 14.3. The lowest BCUT2D eigenvalue weighted by atomic mass is 9.91. The predicted molar refractivity (Wildman–Crippen MR) is 130 cm³/mol. The molecule has 4 aromatic rings. The third-order valence-corrected chi connectivity index (χ3v) is 6.46. The fraction of sp³-hybridized carbons (Fsp3) is 0.296. The number of imidazole rings is 1. The Morgan fingerprint density at radius 2 is 1.77 bits per heavy atom. The van der Waals surface area contributed by atoms with Gasteiger partial charge in [-0.15, -0.1) is 0 Å². The molecule has 1 saturated heterocycles. The van der Waals surface area contributed by atoms with Crippen LogP contribution in [0.15, 0.2) is 61.2 Å². The molecule has 178 valence electrons. The van der Waals surface area contributed by atoms with Gasteiger partial charge in [-0.2, -0.15) is 0 Å². The summed E-state index contributed by atoms with van der Waals surface area (Å²) in [6.45, 7) is 3.38. The zero-order chi connectivity index (χ0) is 24.2. The lowest BCUT2D eigenvalue weighted by Crippen LogP contribution is -2.39. The summed E-state index contributed by atoms with van der Waals surface area (Å²) < 4.78 is 13.1.